The maximum Gasteiger partial charge on any atom is 0.331 e. The molecule has 1 rings (SSSR count). The van der Waals surface area contributed by atoms with E-state index in [1.807, 2.05) is 6.07 Å². The van der Waals surface area contributed by atoms with Crippen LogP contribution < -0.4 is 5.73 Å². The number of hydrogen-bond donors (Lipinski definition) is 3. The molecule has 0 saturated heterocycles. The van der Waals surface area contributed by atoms with Gasteiger partial charge in [0.25, 0.3) is 0 Å². The van der Waals surface area contributed by atoms with E-state index in [9.17, 15) is 9.90 Å². The number of ether oxygens (including phenoxy) is 1. The van der Waals surface area contributed by atoms with Crippen LogP contribution in [0.2, 0.25) is 0 Å². The number of benzene rings is 1. The van der Waals surface area contributed by atoms with E-state index in [1.165, 1.54) is 18.9 Å². The smallest absolute Gasteiger partial charge is 0.331 e. The molecule has 0 aromatic heterocycles. The van der Waals surface area contributed by atoms with Gasteiger partial charge in [-0.3, -0.25) is 0 Å². The lowest BCUT2D eigenvalue weighted by Gasteiger charge is -2.27. The Bertz CT molecular complexity index is 401. The fraction of sp³-hybridized carbons (Fsp3) is 0.462. The van der Waals surface area contributed by atoms with Gasteiger partial charge in [0.05, 0.1) is 19.8 Å². The van der Waals surface area contributed by atoms with Crippen LogP contribution in [0.25, 0.3) is 0 Å². The lowest BCUT2D eigenvalue weighted by Crippen LogP contribution is -2.48. The third-order valence-electron chi connectivity index (χ3n) is 2.69. The van der Waals surface area contributed by atoms with Crippen LogP contribution in [-0.4, -0.2) is 47.5 Å². The molecule has 0 spiro atoms. The number of aliphatic hydroxyl groups is 2. The molecule has 1 aromatic rings. The van der Waals surface area contributed by atoms with Crippen LogP contribution in [0.1, 0.15) is 5.56 Å². The van der Waals surface area contributed by atoms with Crippen LogP contribution >= 0.6 is 11.8 Å². The average Bonchev–Trinajstić information content (AvgIpc) is 2.46. The van der Waals surface area contributed by atoms with Crippen molar-refractivity contribution in [3.8, 4) is 0 Å². The van der Waals surface area contributed by atoms with Crippen molar-refractivity contribution in [1.29, 1.82) is 0 Å². The minimum Gasteiger partial charge on any atom is -0.467 e. The molecule has 0 radical (unpaired) electrons. The SMILES string of the molecule is COC(=O)C(N)(CSCC(O)CO)c1ccccc1. The quantitative estimate of drug-likeness (QED) is 0.615. The number of thioether (sulfide) groups is 1. The molecule has 6 heteroatoms. The van der Waals surface area contributed by atoms with E-state index in [4.69, 9.17) is 15.6 Å². The summed E-state index contributed by atoms with van der Waals surface area (Å²) in [5, 5.41) is 18.0. The summed E-state index contributed by atoms with van der Waals surface area (Å²) in [6.45, 7) is -0.311. The predicted octanol–water partition coefficient (Wildman–Crippen LogP) is 0.100. The van der Waals surface area contributed by atoms with Gasteiger partial charge in [0.15, 0.2) is 0 Å². The van der Waals surface area contributed by atoms with Crippen molar-refractivity contribution in [3.05, 3.63) is 35.9 Å². The average molecular weight is 285 g/mol. The van der Waals surface area contributed by atoms with Gasteiger partial charge in [0.2, 0.25) is 0 Å². The van der Waals surface area contributed by atoms with Gasteiger partial charge in [-0.1, -0.05) is 30.3 Å². The van der Waals surface area contributed by atoms with Crippen molar-refractivity contribution in [1.82, 2.24) is 0 Å². The molecule has 5 nitrogen and oxygen atoms in total. The largest absolute Gasteiger partial charge is 0.467 e. The first kappa shape index (κ1) is 16.0. The van der Waals surface area contributed by atoms with Crippen LogP contribution in [0.4, 0.5) is 0 Å². The Morgan fingerprint density at radius 3 is 2.63 bits per heavy atom. The second kappa shape index (κ2) is 7.49. The Kier molecular flexibility index (Phi) is 6.30. The number of esters is 1. The van der Waals surface area contributed by atoms with Crippen molar-refractivity contribution in [2.24, 2.45) is 5.73 Å². The molecular weight excluding hydrogens is 266 g/mol. The molecule has 106 valence electrons. The van der Waals surface area contributed by atoms with Gasteiger partial charge in [-0.15, -0.1) is 0 Å². The zero-order valence-corrected chi connectivity index (χ0v) is 11.6. The number of carbonyl (C=O) groups is 1. The first-order chi connectivity index (χ1) is 9.04. The van der Waals surface area contributed by atoms with Gasteiger partial charge in [-0.2, -0.15) is 11.8 Å². The summed E-state index contributed by atoms with van der Waals surface area (Å²) in [6, 6.07) is 8.96. The van der Waals surface area contributed by atoms with Gasteiger partial charge < -0.3 is 20.7 Å². The maximum absolute atomic E-state index is 11.9. The lowest BCUT2D eigenvalue weighted by atomic mass is 9.93. The highest BCUT2D eigenvalue weighted by Gasteiger charge is 2.37. The number of methoxy groups -OCH3 is 1. The summed E-state index contributed by atoms with van der Waals surface area (Å²) in [5.41, 5.74) is 5.57. The Morgan fingerprint density at radius 2 is 2.11 bits per heavy atom. The molecule has 2 atom stereocenters. The fourth-order valence-corrected chi connectivity index (χ4v) is 2.69. The maximum atomic E-state index is 11.9. The number of carbonyl (C=O) groups excluding carboxylic acids is 1. The summed E-state index contributed by atoms with van der Waals surface area (Å²) >= 11 is 1.30. The highest BCUT2D eigenvalue weighted by atomic mass is 32.2. The minimum absolute atomic E-state index is 0.265. The van der Waals surface area contributed by atoms with E-state index in [2.05, 4.69) is 0 Å². The van der Waals surface area contributed by atoms with E-state index in [0.717, 1.165) is 0 Å². The number of nitrogens with two attached hydrogens (primary N) is 1. The van der Waals surface area contributed by atoms with E-state index in [-0.39, 0.29) is 12.4 Å². The summed E-state index contributed by atoms with van der Waals surface area (Å²) in [6.07, 6.45) is -0.817. The minimum atomic E-state index is -1.25. The second-order valence-corrected chi connectivity index (χ2v) is 5.21. The number of rotatable bonds is 7. The Labute approximate surface area is 116 Å². The fourth-order valence-electron chi connectivity index (χ4n) is 1.59. The topological polar surface area (TPSA) is 92.8 Å². The van der Waals surface area contributed by atoms with Crippen LogP contribution in [0, 0.1) is 0 Å². The number of hydrogen-bond acceptors (Lipinski definition) is 6. The van der Waals surface area contributed by atoms with Crippen molar-refractivity contribution in [2.45, 2.75) is 11.6 Å². The molecular formula is C13H19NO4S. The molecule has 0 aliphatic rings. The summed E-state index contributed by atoms with van der Waals surface area (Å²) in [5.74, 6) is 0.0460. The Hall–Kier alpha value is -1.08. The molecule has 0 heterocycles. The molecule has 0 amide bonds. The second-order valence-electron chi connectivity index (χ2n) is 4.18. The van der Waals surface area contributed by atoms with Crippen molar-refractivity contribution >= 4 is 17.7 Å². The van der Waals surface area contributed by atoms with E-state index in [0.29, 0.717) is 11.3 Å². The summed E-state index contributed by atoms with van der Waals surface area (Å²) in [7, 11) is 1.29. The third-order valence-corrected chi connectivity index (χ3v) is 3.97. The molecule has 0 bridgehead atoms. The molecule has 0 fully saturated rings. The van der Waals surface area contributed by atoms with Gasteiger partial charge in [-0.25, -0.2) is 4.79 Å². The molecule has 0 saturated carbocycles. The molecule has 4 N–H and O–H groups in total. The van der Waals surface area contributed by atoms with E-state index in [1.54, 1.807) is 24.3 Å². The van der Waals surface area contributed by atoms with Gasteiger partial charge in [0.1, 0.15) is 5.54 Å². The summed E-state index contributed by atoms with van der Waals surface area (Å²) < 4.78 is 4.76. The number of aliphatic hydroxyl groups excluding tert-OH is 2. The Morgan fingerprint density at radius 1 is 1.47 bits per heavy atom. The van der Waals surface area contributed by atoms with E-state index < -0.39 is 17.6 Å². The molecule has 19 heavy (non-hydrogen) atoms. The first-order valence-corrected chi connectivity index (χ1v) is 6.99. The molecule has 2 unspecified atom stereocenters. The van der Waals surface area contributed by atoms with Crippen molar-refractivity contribution in [3.63, 3.8) is 0 Å². The predicted molar refractivity (Wildman–Crippen MR) is 74.7 cm³/mol. The Balaban J connectivity index is 2.80. The standard InChI is InChI=1S/C13H19NO4S/c1-18-12(17)13(14,9-19-8-11(16)7-15)10-5-3-2-4-6-10/h2-6,11,15-16H,7-9,14H2,1H3. The summed E-state index contributed by atoms with van der Waals surface area (Å²) in [4.78, 5) is 11.9. The molecule has 0 aliphatic carbocycles. The van der Waals surface area contributed by atoms with Crippen LogP contribution in [0.15, 0.2) is 30.3 Å². The van der Waals surface area contributed by atoms with Crippen molar-refractivity contribution in [2.75, 3.05) is 25.2 Å². The van der Waals surface area contributed by atoms with Gasteiger partial charge in [-0.05, 0) is 5.56 Å². The normalized spacial score (nSPS) is 15.6. The van der Waals surface area contributed by atoms with Crippen LogP contribution in [0.3, 0.4) is 0 Å². The molecule has 0 aliphatic heterocycles. The van der Waals surface area contributed by atoms with E-state index >= 15 is 0 Å². The van der Waals surface area contributed by atoms with Gasteiger partial charge in [0, 0.05) is 11.5 Å². The highest BCUT2D eigenvalue weighted by molar-refractivity contribution is 7.99. The lowest BCUT2D eigenvalue weighted by molar-refractivity contribution is -0.146. The zero-order chi connectivity index (χ0) is 14.3. The van der Waals surface area contributed by atoms with Gasteiger partial charge >= 0.3 is 5.97 Å². The molecule has 1 aromatic carbocycles. The van der Waals surface area contributed by atoms with Crippen LogP contribution in [0.5, 0.6) is 0 Å². The third kappa shape index (κ3) is 4.21. The highest BCUT2D eigenvalue weighted by Crippen LogP contribution is 2.25. The zero-order valence-electron chi connectivity index (χ0n) is 10.8. The van der Waals surface area contributed by atoms with Crippen molar-refractivity contribution < 1.29 is 19.7 Å². The van der Waals surface area contributed by atoms with Crippen LogP contribution in [-0.2, 0) is 15.1 Å². The monoisotopic (exact) mass is 285 g/mol. The first-order valence-electron chi connectivity index (χ1n) is 5.84.